The van der Waals surface area contributed by atoms with Crippen molar-refractivity contribution < 1.29 is 13.0 Å². The summed E-state index contributed by atoms with van der Waals surface area (Å²) in [4.78, 5) is 0. The van der Waals surface area contributed by atoms with Crippen LogP contribution >= 0.6 is 0 Å². The van der Waals surface area contributed by atoms with Crippen LogP contribution in [0, 0.1) is 46.8 Å². The van der Waals surface area contributed by atoms with E-state index in [4.69, 9.17) is 4.55 Å². The molecule has 0 spiro atoms. The molecule has 0 aromatic carbocycles. The lowest BCUT2D eigenvalue weighted by molar-refractivity contribution is 0.0597. The molecule has 0 heterocycles. The minimum Gasteiger partial charge on any atom is -0.286 e. The second kappa shape index (κ2) is 3.62. The number of hydrogen-bond donors (Lipinski definition) is 1. The van der Waals surface area contributed by atoms with Gasteiger partial charge in [0.15, 0.2) is 0 Å². The molecule has 3 nitrogen and oxygen atoms in total. The summed E-state index contributed by atoms with van der Waals surface area (Å²) >= 11 is 0. The first-order valence-electron chi connectivity index (χ1n) is 8.45. The van der Waals surface area contributed by atoms with Crippen LogP contribution in [0.5, 0.6) is 0 Å². The molecule has 112 valence electrons. The van der Waals surface area contributed by atoms with Gasteiger partial charge in [0.25, 0.3) is 10.1 Å². The van der Waals surface area contributed by atoms with Gasteiger partial charge in [0.2, 0.25) is 0 Å². The van der Waals surface area contributed by atoms with E-state index in [0.29, 0.717) is 6.42 Å². The first-order chi connectivity index (χ1) is 9.50. The summed E-state index contributed by atoms with van der Waals surface area (Å²) in [6.07, 6.45) is 9.03. The lowest BCUT2D eigenvalue weighted by atomic mass is 9.62. The van der Waals surface area contributed by atoms with Crippen molar-refractivity contribution in [2.24, 2.45) is 46.8 Å². The molecular formula is C16H24O3S. The number of hydrogen-bond acceptors (Lipinski definition) is 2. The van der Waals surface area contributed by atoms with Crippen molar-refractivity contribution in [2.45, 2.75) is 44.9 Å². The highest BCUT2D eigenvalue weighted by Crippen LogP contribution is 2.85. The number of fused-ring (bicyclic) bond motifs is 6. The maximum atomic E-state index is 10.9. The van der Waals surface area contributed by atoms with E-state index in [1.54, 1.807) is 0 Å². The van der Waals surface area contributed by atoms with Gasteiger partial charge in [0.05, 0.1) is 5.75 Å². The Bertz CT molecular complexity index is 556. The Morgan fingerprint density at radius 1 is 1.20 bits per heavy atom. The van der Waals surface area contributed by atoms with Crippen molar-refractivity contribution in [3.8, 4) is 0 Å². The topological polar surface area (TPSA) is 54.4 Å². The van der Waals surface area contributed by atoms with Crippen LogP contribution in [-0.4, -0.2) is 18.7 Å². The van der Waals surface area contributed by atoms with Crippen LogP contribution in [0.3, 0.4) is 0 Å². The van der Waals surface area contributed by atoms with E-state index in [1.165, 1.54) is 32.1 Å². The van der Waals surface area contributed by atoms with E-state index < -0.39 is 10.1 Å². The molecule has 5 rings (SSSR count). The monoisotopic (exact) mass is 296 g/mol. The van der Waals surface area contributed by atoms with Gasteiger partial charge in [-0.2, -0.15) is 8.42 Å². The molecule has 4 bridgehead atoms. The highest BCUT2D eigenvalue weighted by molar-refractivity contribution is 7.85. The predicted molar refractivity (Wildman–Crippen MR) is 75.6 cm³/mol. The standard InChI is InChI=1S/C16H24O3S/c17-20(18,19)5-1-2-9-6-10-7-12(9)15-14(10)11-3-4-16(15)8-13(11)16/h9-15H,1-8H2,(H,17,18,19). The van der Waals surface area contributed by atoms with Gasteiger partial charge in [0, 0.05) is 0 Å². The van der Waals surface area contributed by atoms with Crippen LogP contribution in [-0.2, 0) is 10.1 Å². The van der Waals surface area contributed by atoms with Crippen molar-refractivity contribution in [3.63, 3.8) is 0 Å². The fourth-order valence-electron chi connectivity index (χ4n) is 7.68. The molecule has 0 saturated heterocycles. The zero-order valence-corrected chi connectivity index (χ0v) is 12.7. The molecule has 5 saturated carbocycles. The van der Waals surface area contributed by atoms with Gasteiger partial charge in [-0.3, -0.25) is 4.55 Å². The zero-order valence-electron chi connectivity index (χ0n) is 11.9. The van der Waals surface area contributed by atoms with Crippen molar-refractivity contribution in [2.75, 3.05) is 5.75 Å². The first kappa shape index (κ1) is 12.5. The van der Waals surface area contributed by atoms with Crippen molar-refractivity contribution in [1.82, 2.24) is 0 Å². The Labute approximate surface area is 121 Å². The fourth-order valence-corrected chi connectivity index (χ4v) is 8.21. The highest BCUT2D eigenvalue weighted by atomic mass is 32.2. The lowest BCUT2D eigenvalue weighted by Gasteiger charge is -2.42. The summed E-state index contributed by atoms with van der Waals surface area (Å²) in [6, 6.07) is 0. The van der Waals surface area contributed by atoms with E-state index in [-0.39, 0.29) is 5.75 Å². The quantitative estimate of drug-likeness (QED) is 0.811. The summed E-state index contributed by atoms with van der Waals surface area (Å²) in [5.74, 6) is 6.85. The maximum Gasteiger partial charge on any atom is 0.264 e. The summed E-state index contributed by atoms with van der Waals surface area (Å²) < 4.78 is 30.6. The van der Waals surface area contributed by atoms with Crippen LogP contribution < -0.4 is 0 Å². The zero-order chi connectivity index (χ0) is 13.7. The van der Waals surface area contributed by atoms with Crippen LogP contribution in [0.25, 0.3) is 0 Å². The van der Waals surface area contributed by atoms with E-state index >= 15 is 0 Å². The van der Waals surface area contributed by atoms with E-state index in [2.05, 4.69) is 0 Å². The molecule has 0 radical (unpaired) electrons. The molecule has 8 atom stereocenters. The minimum atomic E-state index is -3.76. The van der Waals surface area contributed by atoms with Crippen molar-refractivity contribution in [1.29, 1.82) is 0 Å². The van der Waals surface area contributed by atoms with Crippen LogP contribution in [0.1, 0.15) is 44.9 Å². The second-order valence-electron chi connectivity index (χ2n) is 8.43. The summed E-state index contributed by atoms with van der Waals surface area (Å²) in [6.45, 7) is 0. The van der Waals surface area contributed by atoms with Gasteiger partial charge in [-0.05, 0) is 91.8 Å². The summed E-state index contributed by atoms with van der Waals surface area (Å²) in [5.41, 5.74) is 0.774. The Morgan fingerprint density at radius 2 is 2.05 bits per heavy atom. The highest BCUT2D eigenvalue weighted by Gasteiger charge is 2.78. The average Bonchev–Trinajstić information content (AvgIpc) is 2.77. The van der Waals surface area contributed by atoms with Gasteiger partial charge < -0.3 is 0 Å². The fraction of sp³-hybridized carbons (Fsp3) is 1.00. The third-order valence-corrected chi connectivity index (χ3v) is 8.78. The molecule has 5 aliphatic carbocycles. The molecule has 5 aliphatic rings. The molecule has 0 aromatic rings. The van der Waals surface area contributed by atoms with Gasteiger partial charge in [-0.1, -0.05) is 0 Å². The SMILES string of the molecule is O=S(=O)(O)CCCC1CC2CC1C1C2C2CCC13CC23. The molecule has 1 N–H and O–H groups in total. The smallest absolute Gasteiger partial charge is 0.264 e. The molecule has 0 amide bonds. The average molecular weight is 296 g/mol. The third kappa shape index (κ3) is 1.43. The Hall–Kier alpha value is -0.0900. The van der Waals surface area contributed by atoms with Crippen LogP contribution in [0.2, 0.25) is 0 Å². The third-order valence-electron chi connectivity index (χ3n) is 7.98. The molecule has 8 unspecified atom stereocenters. The van der Waals surface area contributed by atoms with Gasteiger partial charge in [0.1, 0.15) is 0 Å². The second-order valence-corrected chi connectivity index (χ2v) is 10.0. The Kier molecular flexibility index (Phi) is 2.26. The predicted octanol–water partition coefficient (Wildman–Crippen LogP) is 2.97. The van der Waals surface area contributed by atoms with Crippen molar-refractivity contribution in [3.05, 3.63) is 0 Å². The van der Waals surface area contributed by atoms with Crippen molar-refractivity contribution >= 4 is 10.1 Å². The van der Waals surface area contributed by atoms with Crippen LogP contribution in [0.15, 0.2) is 0 Å². The molecular weight excluding hydrogens is 272 g/mol. The molecule has 4 heteroatoms. The Morgan fingerprint density at radius 3 is 2.80 bits per heavy atom. The maximum absolute atomic E-state index is 10.9. The first-order valence-corrected chi connectivity index (χ1v) is 10.1. The molecule has 0 aliphatic heterocycles. The van der Waals surface area contributed by atoms with Gasteiger partial charge >= 0.3 is 0 Å². The van der Waals surface area contributed by atoms with E-state index in [9.17, 15) is 8.42 Å². The lowest BCUT2D eigenvalue weighted by Crippen LogP contribution is -2.36. The minimum absolute atomic E-state index is 0.0363. The van der Waals surface area contributed by atoms with Crippen LogP contribution in [0.4, 0.5) is 0 Å². The molecule has 20 heavy (non-hydrogen) atoms. The summed E-state index contributed by atoms with van der Waals surface area (Å²) in [7, 11) is -3.76. The Balaban J connectivity index is 1.30. The largest absolute Gasteiger partial charge is 0.286 e. The van der Waals surface area contributed by atoms with Gasteiger partial charge in [-0.25, -0.2) is 0 Å². The summed E-state index contributed by atoms with van der Waals surface area (Å²) in [5, 5.41) is 0. The molecule has 0 aromatic heterocycles. The van der Waals surface area contributed by atoms with Gasteiger partial charge in [-0.15, -0.1) is 0 Å². The van der Waals surface area contributed by atoms with E-state index in [0.717, 1.165) is 53.3 Å². The number of rotatable bonds is 4. The normalized spacial score (nSPS) is 58.0. The van der Waals surface area contributed by atoms with E-state index in [1.807, 2.05) is 0 Å². The molecule has 5 fully saturated rings.